The molecule has 3 atom stereocenters. The van der Waals surface area contributed by atoms with Crippen LogP contribution in [0.15, 0.2) is 60.0 Å². The molecule has 546 valence electrons. The van der Waals surface area contributed by atoms with E-state index >= 15 is 0 Å². The lowest BCUT2D eigenvalue weighted by Gasteiger charge is -2.39. The van der Waals surface area contributed by atoms with Gasteiger partial charge in [-0.25, -0.2) is 38.1 Å². The van der Waals surface area contributed by atoms with Crippen molar-refractivity contribution < 1.29 is 18.4 Å². The first kappa shape index (κ1) is 71.4. The van der Waals surface area contributed by atoms with E-state index in [1.807, 2.05) is 75.7 Å². The maximum atomic E-state index is 14.7. The van der Waals surface area contributed by atoms with Crippen molar-refractivity contribution in [3.63, 3.8) is 0 Å². The molecule has 6 N–H and O–H groups in total. The molecule has 15 rings (SSSR count). The number of hydrogen-bond acceptors (Lipinski definition) is 24. The third-order valence-corrected chi connectivity index (χ3v) is 20.7. The van der Waals surface area contributed by atoms with Crippen LogP contribution in [0.2, 0.25) is 0 Å². The third kappa shape index (κ3) is 16.4. The monoisotopic (exact) mass is 1410 g/mol. The van der Waals surface area contributed by atoms with E-state index in [0.29, 0.717) is 87.2 Å². The lowest BCUT2D eigenvalue weighted by atomic mass is 10.1. The maximum Gasteiger partial charge on any atom is 0.253 e. The van der Waals surface area contributed by atoms with Crippen LogP contribution in [0.5, 0.6) is 0 Å². The van der Waals surface area contributed by atoms with Gasteiger partial charge in [0.05, 0.1) is 52.7 Å². The Bertz CT molecular complexity index is 4590. The highest BCUT2D eigenvalue weighted by Gasteiger charge is 2.33. The minimum atomic E-state index is -0.387. The number of rotatable bonds is 17. The predicted molar refractivity (Wildman–Crippen MR) is 395 cm³/mol. The summed E-state index contributed by atoms with van der Waals surface area (Å²) in [6.07, 6.45) is 11.3. The second-order valence-corrected chi connectivity index (χ2v) is 28.7. The molecule has 0 bridgehead atoms. The van der Waals surface area contributed by atoms with Crippen LogP contribution in [0, 0.1) is 59.0 Å². The summed E-state index contributed by atoms with van der Waals surface area (Å²) in [5.74, 6) is 5.98. The van der Waals surface area contributed by atoms with Crippen molar-refractivity contribution in [2.24, 2.45) is 26.1 Å². The molecule has 9 aromatic heterocycles. The number of nitrogens with zero attached hydrogens (tertiary/aromatic N) is 22. The summed E-state index contributed by atoms with van der Waals surface area (Å²) in [6.45, 7) is 25.6. The van der Waals surface area contributed by atoms with Crippen LogP contribution >= 0.6 is 0 Å². The first-order valence-corrected chi connectivity index (χ1v) is 35.6. The average Bonchev–Trinajstić information content (AvgIpc) is 1.68. The van der Waals surface area contributed by atoms with E-state index in [1.54, 1.807) is 49.1 Å². The molecule has 12 heterocycles. The second-order valence-electron chi connectivity index (χ2n) is 28.7. The second kappa shape index (κ2) is 29.8. The molecule has 0 radical (unpaired) electrons. The number of aryl methyl sites for hydroxylation is 8. The first-order chi connectivity index (χ1) is 49.3. The number of likely N-dealkylation sites (N-methyl/N-ethyl adjacent to an activating group) is 3. The Kier molecular flexibility index (Phi) is 20.6. The summed E-state index contributed by atoms with van der Waals surface area (Å²) in [5.41, 5.74) is 8.87. The molecule has 0 unspecified atom stereocenters. The molecule has 3 saturated heterocycles. The van der Waals surface area contributed by atoms with Gasteiger partial charge in [-0.2, -0.15) is 40.0 Å². The third-order valence-electron chi connectivity index (χ3n) is 20.7. The van der Waals surface area contributed by atoms with Crippen molar-refractivity contribution in [3.05, 3.63) is 129 Å². The van der Waals surface area contributed by atoms with Crippen LogP contribution in [-0.4, -0.2) is 192 Å². The van der Waals surface area contributed by atoms with E-state index in [-0.39, 0.29) is 52.3 Å². The zero-order valence-corrected chi connectivity index (χ0v) is 61.7. The van der Waals surface area contributed by atoms with Gasteiger partial charge in [-0.1, -0.05) is 0 Å². The summed E-state index contributed by atoms with van der Waals surface area (Å²) >= 11 is 0. The number of aromatic nitrogens is 15. The van der Waals surface area contributed by atoms with E-state index in [0.717, 1.165) is 154 Å². The Balaban J connectivity index is 0.000000139. The zero-order valence-electron chi connectivity index (χ0n) is 61.7. The van der Waals surface area contributed by atoms with Gasteiger partial charge in [-0.3, -0.25) is 14.0 Å². The number of anilines is 13. The van der Waals surface area contributed by atoms with Gasteiger partial charge in [0.25, 0.3) is 5.95 Å². The van der Waals surface area contributed by atoms with Crippen molar-refractivity contribution in [1.82, 2.24) is 88.6 Å². The predicted octanol–water partition coefficient (Wildman–Crippen LogP) is 10.7. The Morgan fingerprint density at radius 2 is 0.767 bits per heavy atom. The van der Waals surface area contributed by atoms with Crippen LogP contribution < -0.4 is 46.8 Å². The quantitative estimate of drug-likeness (QED) is 0.0462. The molecule has 0 aromatic carbocycles. The van der Waals surface area contributed by atoms with Crippen LogP contribution in [-0.2, 0) is 21.1 Å². The van der Waals surface area contributed by atoms with Crippen LogP contribution in [0.4, 0.5) is 94.6 Å². The normalized spacial score (nSPS) is 19.1. The summed E-state index contributed by atoms with van der Waals surface area (Å²) in [4.78, 5) is 55.1. The van der Waals surface area contributed by atoms with Crippen molar-refractivity contribution in [3.8, 4) is 0 Å². The van der Waals surface area contributed by atoms with Gasteiger partial charge in [-0.15, -0.1) is 0 Å². The fourth-order valence-corrected chi connectivity index (χ4v) is 13.0. The summed E-state index contributed by atoms with van der Waals surface area (Å²) in [6, 6.07) is 12.3. The highest BCUT2D eigenvalue weighted by atomic mass is 19.1. The SMILES string of the molecule is Cc1cc(Nc2nc(N=c3cc(C4CC4)c(F)c(C)n3O)ncc2N2CCN(C)[C@H](C)C2)nn1C.Cc1cc(Nc2ncc(N3CCN(C)[C@H](C)C3)c(Nc3cc(C)n(C)n3)n2)nn1C.Cc1nc(Nc2ncc(N3CCN(C)[C@H](C)C3)c(Nc3cc(C4CC4)c(F)c(C)n3)n2)cc(C2CC2)c1F. The first-order valence-electron chi connectivity index (χ1n) is 35.6. The Morgan fingerprint density at radius 1 is 0.417 bits per heavy atom. The molecule has 0 spiro atoms. The number of pyridine rings is 3. The maximum absolute atomic E-state index is 14.7. The lowest BCUT2D eigenvalue weighted by Crippen LogP contribution is -2.50. The Labute approximate surface area is 598 Å². The molecular formula is C72H96F3N27O. The van der Waals surface area contributed by atoms with Gasteiger partial charge in [-0.05, 0) is 175 Å². The summed E-state index contributed by atoms with van der Waals surface area (Å²) in [7, 11) is 12.1. The molecule has 6 aliphatic rings. The molecule has 0 amide bonds. The Hall–Kier alpha value is -10.0. The van der Waals surface area contributed by atoms with Crippen molar-refractivity contribution in [1.29, 1.82) is 0 Å². The summed E-state index contributed by atoms with van der Waals surface area (Å²) in [5, 5.41) is 40.5. The topological polar surface area (TPSA) is 274 Å². The fourth-order valence-electron chi connectivity index (χ4n) is 13.0. The molecule has 3 aliphatic carbocycles. The van der Waals surface area contributed by atoms with Gasteiger partial charge in [0.15, 0.2) is 40.4 Å². The molecule has 103 heavy (non-hydrogen) atoms. The fraction of sp³-hybridized carbons (Fsp3) is 0.500. The van der Waals surface area contributed by atoms with E-state index in [4.69, 9.17) is 15.0 Å². The van der Waals surface area contributed by atoms with Gasteiger partial charge >= 0.3 is 0 Å². The van der Waals surface area contributed by atoms with E-state index in [1.165, 1.54) is 6.92 Å². The highest BCUT2D eigenvalue weighted by Crippen LogP contribution is 2.45. The molecule has 3 saturated carbocycles. The van der Waals surface area contributed by atoms with Gasteiger partial charge in [0.1, 0.15) is 29.1 Å². The highest BCUT2D eigenvalue weighted by molar-refractivity contribution is 5.74. The van der Waals surface area contributed by atoms with Gasteiger partial charge in [0.2, 0.25) is 11.9 Å². The van der Waals surface area contributed by atoms with Crippen molar-refractivity contribution in [2.45, 2.75) is 137 Å². The van der Waals surface area contributed by atoms with Gasteiger partial charge < -0.3 is 61.2 Å². The molecule has 9 aromatic rings. The molecular weight excluding hydrogens is 1320 g/mol. The minimum Gasteiger partial charge on any atom is -0.427 e. The number of piperazine rings is 3. The van der Waals surface area contributed by atoms with E-state index in [9.17, 15) is 18.4 Å². The Morgan fingerprint density at radius 3 is 1.15 bits per heavy atom. The number of nitrogens with one attached hydrogen (secondary N) is 5. The molecule has 28 nitrogen and oxygen atoms in total. The largest absolute Gasteiger partial charge is 0.427 e. The minimum absolute atomic E-state index is 0.124. The average molecular weight is 1410 g/mol. The summed E-state index contributed by atoms with van der Waals surface area (Å²) < 4.78 is 50.2. The lowest BCUT2D eigenvalue weighted by molar-refractivity contribution is 0.160. The molecule has 3 aliphatic heterocycles. The smallest absolute Gasteiger partial charge is 0.253 e. The number of hydrogen-bond donors (Lipinski definition) is 6. The zero-order chi connectivity index (χ0) is 72.8. The van der Waals surface area contributed by atoms with E-state index in [2.05, 4.69) is 143 Å². The van der Waals surface area contributed by atoms with Crippen LogP contribution in [0.3, 0.4) is 0 Å². The van der Waals surface area contributed by atoms with Gasteiger partial charge in [0, 0.05) is 133 Å². The van der Waals surface area contributed by atoms with E-state index < -0.39 is 0 Å². The van der Waals surface area contributed by atoms with Crippen LogP contribution in [0.25, 0.3) is 0 Å². The van der Waals surface area contributed by atoms with Crippen molar-refractivity contribution in [2.75, 3.05) is 121 Å². The number of halogens is 3. The van der Waals surface area contributed by atoms with Crippen LogP contribution in [0.1, 0.15) is 128 Å². The molecule has 31 heteroatoms. The molecule has 6 fully saturated rings. The standard InChI is InChI=1S/C28H34F2N8.C24H32FN9O.C20H30N10/c1-15-14-38(10-9-37(15)4)22-13-31-28(35-24-12-21(19-7-8-19)26(30)17(3)33-24)36-27(22)34-23-11-20(18-5-6-18)25(29)16(2)32-23;1-14-10-20(30-32(14)5)27-23-19(33-9-8-31(4)15(2)13-33)12-26-24(29-23)28-21-11-18(17-6-7-17)22(25)16(3)34(21)35;1-13-9-17(25-28(13)5)22-19-16(30-8-7-27(4)15(3)12-30)11-21-20(24-19)23-18-10-14(2)29(6)26-18/h11-13,15,18-19H,5-10,14H2,1-4H3,(H2,31,32,33,34,35,36);10-12,15,17,35H,6-9,13H2,1-5H3,(H,26,27,29,30);9-11,15H,7-8,12H2,1-6H3,(H2,21,22,23,24,25,26)/t3*15-/m111/s1. The van der Waals surface area contributed by atoms with Crippen molar-refractivity contribution >= 4 is 81.5 Å².